The summed E-state index contributed by atoms with van der Waals surface area (Å²) < 4.78 is 22.3. The van der Waals surface area contributed by atoms with Crippen LogP contribution in [0.4, 0.5) is 0 Å². The van der Waals surface area contributed by atoms with E-state index in [1.165, 1.54) is 17.8 Å². The minimum Gasteiger partial charge on any atom is -0.493 e. The molecule has 9 nitrogen and oxygen atoms in total. The number of carbonyl (C=O) groups excluding carboxylic acids is 2. The molecule has 0 spiro atoms. The standard InChI is InChI=1S/C26H31N3O6S/c1-5-11-35-25(31)22-16(2)28-26-29(23(22)19-9-6-10-20(32-3)24(19)33-4)17(15-36-26)13-21(30)27-14-18-8-7-12-34-18/h5-6,9-10,15,18,23H,1,7-8,11-14H2,2-4H3,(H,27,30)/t18-,23-/m1/s1. The van der Waals surface area contributed by atoms with Crippen molar-refractivity contribution in [3.8, 4) is 11.5 Å². The molecule has 1 aromatic rings. The van der Waals surface area contributed by atoms with Crippen LogP contribution in [0.15, 0.2) is 58.2 Å². The Balaban J connectivity index is 1.69. The van der Waals surface area contributed by atoms with Gasteiger partial charge in [-0.1, -0.05) is 36.5 Å². The first kappa shape index (κ1) is 25.8. The molecule has 1 aromatic carbocycles. The molecule has 0 saturated carbocycles. The van der Waals surface area contributed by atoms with Crippen LogP contribution < -0.4 is 14.8 Å². The molecule has 10 heteroatoms. The van der Waals surface area contributed by atoms with Crippen molar-refractivity contribution in [3.63, 3.8) is 0 Å². The number of rotatable bonds is 10. The summed E-state index contributed by atoms with van der Waals surface area (Å²) >= 11 is 1.41. The highest BCUT2D eigenvalue weighted by Gasteiger charge is 2.42. The zero-order valence-electron chi connectivity index (χ0n) is 20.7. The Morgan fingerprint density at radius 2 is 2.17 bits per heavy atom. The van der Waals surface area contributed by atoms with Crippen LogP contribution in [0.3, 0.4) is 0 Å². The molecule has 4 rings (SSSR count). The molecule has 0 radical (unpaired) electrons. The first-order valence-electron chi connectivity index (χ1n) is 11.8. The lowest BCUT2D eigenvalue weighted by atomic mass is 9.92. The third-order valence-corrected chi connectivity index (χ3v) is 7.06. The molecule has 0 unspecified atom stereocenters. The third kappa shape index (κ3) is 5.29. The average molecular weight is 514 g/mol. The molecule has 0 aliphatic carbocycles. The first-order chi connectivity index (χ1) is 17.5. The predicted octanol–water partition coefficient (Wildman–Crippen LogP) is 3.69. The lowest BCUT2D eigenvalue weighted by molar-refractivity contribution is -0.138. The molecule has 1 fully saturated rings. The number of amides is 1. The van der Waals surface area contributed by atoms with Gasteiger partial charge in [0.05, 0.1) is 44.1 Å². The molecule has 1 N–H and O–H groups in total. The van der Waals surface area contributed by atoms with Crippen molar-refractivity contribution in [3.05, 3.63) is 58.8 Å². The zero-order valence-corrected chi connectivity index (χ0v) is 21.6. The fraction of sp³-hybridized carbons (Fsp3) is 0.423. The minimum atomic E-state index is -0.632. The monoisotopic (exact) mass is 513 g/mol. The highest BCUT2D eigenvalue weighted by atomic mass is 32.2. The second-order valence-electron chi connectivity index (χ2n) is 8.48. The highest BCUT2D eigenvalue weighted by molar-refractivity contribution is 8.16. The number of hydrogen-bond donors (Lipinski definition) is 1. The topological polar surface area (TPSA) is 98.7 Å². The number of fused-ring (bicyclic) bond motifs is 1. The average Bonchev–Trinajstić information content (AvgIpc) is 3.54. The first-order valence-corrected chi connectivity index (χ1v) is 12.7. The van der Waals surface area contributed by atoms with Crippen molar-refractivity contribution in [2.45, 2.75) is 38.3 Å². The quantitative estimate of drug-likeness (QED) is 0.374. The maximum Gasteiger partial charge on any atom is 0.338 e. The number of esters is 1. The van der Waals surface area contributed by atoms with Gasteiger partial charge < -0.3 is 29.2 Å². The van der Waals surface area contributed by atoms with Crippen molar-refractivity contribution in [1.82, 2.24) is 10.2 Å². The number of methoxy groups -OCH3 is 2. The SMILES string of the molecule is C=CCOC(=O)C1=C(C)N=C2SC=C(CC(=O)NC[C@H]3CCCO3)N2[C@@H]1c1cccc(OC)c1OC. The van der Waals surface area contributed by atoms with Crippen molar-refractivity contribution in [2.75, 3.05) is 34.0 Å². The molecule has 3 heterocycles. The molecular formula is C26H31N3O6S. The maximum absolute atomic E-state index is 13.3. The minimum absolute atomic E-state index is 0.0543. The van der Waals surface area contributed by atoms with E-state index in [1.807, 2.05) is 22.4 Å². The molecule has 2 atom stereocenters. The number of amidine groups is 1. The van der Waals surface area contributed by atoms with E-state index in [0.29, 0.717) is 40.0 Å². The largest absolute Gasteiger partial charge is 0.493 e. The van der Waals surface area contributed by atoms with E-state index in [-0.39, 0.29) is 25.0 Å². The number of carbonyl (C=O) groups is 2. The van der Waals surface area contributed by atoms with Crippen LogP contribution in [-0.2, 0) is 19.1 Å². The molecule has 0 aromatic heterocycles. The maximum atomic E-state index is 13.3. The Kier molecular flexibility index (Phi) is 8.37. The van der Waals surface area contributed by atoms with Gasteiger partial charge in [-0.25, -0.2) is 9.79 Å². The van der Waals surface area contributed by atoms with Gasteiger partial charge in [0, 0.05) is 24.4 Å². The van der Waals surface area contributed by atoms with Gasteiger partial charge in [-0.05, 0) is 31.2 Å². The molecular weight excluding hydrogens is 482 g/mol. The second kappa shape index (κ2) is 11.7. The summed E-state index contributed by atoms with van der Waals surface area (Å²) in [4.78, 5) is 32.7. The van der Waals surface area contributed by atoms with Crippen LogP contribution in [0, 0.1) is 0 Å². The highest BCUT2D eigenvalue weighted by Crippen LogP contribution is 2.48. The molecule has 3 aliphatic heterocycles. The van der Waals surface area contributed by atoms with Crippen LogP contribution in [0.1, 0.15) is 37.8 Å². The van der Waals surface area contributed by atoms with Gasteiger partial charge in [0.1, 0.15) is 6.61 Å². The van der Waals surface area contributed by atoms with E-state index >= 15 is 0 Å². The van der Waals surface area contributed by atoms with Crippen molar-refractivity contribution < 1.29 is 28.5 Å². The Labute approximate surface area is 215 Å². The van der Waals surface area contributed by atoms with Crippen molar-refractivity contribution in [2.24, 2.45) is 4.99 Å². The van der Waals surface area contributed by atoms with E-state index in [1.54, 1.807) is 27.2 Å². The zero-order chi connectivity index (χ0) is 25.7. The summed E-state index contributed by atoms with van der Waals surface area (Å²) in [6.45, 7) is 6.69. The lowest BCUT2D eigenvalue weighted by Crippen LogP contribution is -2.39. The molecule has 0 bridgehead atoms. The summed E-state index contributed by atoms with van der Waals surface area (Å²) in [7, 11) is 3.12. The summed E-state index contributed by atoms with van der Waals surface area (Å²) in [5.41, 5.74) is 2.32. The number of thioether (sulfide) groups is 1. The summed E-state index contributed by atoms with van der Waals surface area (Å²) in [5.74, 6) is 0.385. The van der Waals surface area contributed by atoms with E-state index in [0.717, 1.165) is 25.1 Å². The van der Waals surface area contributed by atoms with Crippen LogP contribution in [-0.4, -0.2) is 62.0 Å². The third-order valence-electron chi connectivity index (χ3n) is 6.17. The predicted molar refractivity (Wildman–Crippen MR) is 138 cm³/mol. The van der Waals surface area contributed by atoms with Gasteiger partial charge in [-0.3, -0.25) is 4.79 Å². The van der Waals surface area contributed by atoms with E-state index in [2.05, 4.69) is 16.9 Å². The fourth-order valence-corrected chi connectivity index (χ4v) is 5.49. The number of nitrogens with zero attached hydrogens (tertiary/aromatic N) is 2. The van der Waals surface area contributed by atoms with E-state index in [9.17, 15) is 9.59 Å². The van der Waals surface area contributed by atoms with Crippen LogP contribution in [0.5, 0.6) is 11.5 Å². The Hall–Kier alpha value is -3.24. The van der Waals surface area contributed by atoms with Gasteiger partial charge in [-0.15, -0.1) is 0 Å². The summed E-state index contributed by atoms with van der Waals surface area (Å²) in [6, 6.07) is 4.87. The molecule has 1 amide bonds. The van der Waals surface area contributed by atoms with E-state index < -0.39 is 12.0 Å². The molecule has 1 saturated heterocycles. The van der Waals surface area contributed by atoms with Crippen LogP contribution in [0.2, 0.25) is 0 Å². The number of ether oxygens (including phenoxy) is 4. The number of benzene rings is 1. The number of para-hydroxylation sites is 1. The Morgan fingerprint density at radius 3 is 2.86 bits per heavy atom. The second-order valence-corrected chi connectivity index (χ2v) is 9.32. The fourth-order valence-electron chi connectivity index (χ4n) is 4.52. The van der Waals surface area contributed by atoms with Gasteiger partial charge in [0.25, 0.3) is 0 Å². The summed E-state index contributed by atoms with van der Waals surface area (Å²) in [6.07, 6.45) is 3.65. The van der Waals surface area contributed by atoms with Crippen LogP contribution >= 0.6 is 11.8 Å². The Morgan fingerprint density at radius 1 is 1.33 bits per heavy atom. The molecule has 36 heavy (non-hydrogen) atoms. The number of aliphatic imine (C=N–C) groups is 1. The van der Waals surface area contributed by atoms with Crippen molar-refractivity contribution in [1.29, 1.82) is 0 Å². The van der Waals surface area contributed by atoms with Gasteiger partial charge in [-0.2, -0.15) is 0 Å². The lowest BCUT2D eigenvalue weighted by Gasteiger charge is -2.37. The number of nitrogens with one attached hydrogen (secondary N) is 1. The van der Waals surface area contributed by atoms with Gasteiger partial charge in [0.2, 0.25) is 5.91 Å². The van der Waals surface area contributed by atoms with E-state index in [4.69, 9.17) is 18.9 Å². The summed E-state index contributed by atoms with van der Waals surface area (Å²) in [5, 5.41) is 5.54. The smallest absolute Gasteiger partial charge is 0.338 e. The Bertz CT molecular complexity index is 1120. The number of hydrogen-bond acceptors (Lipinski definition) is 9. The van der Waals surface area contributed by atoms with Gasteiger partial charge >= 0.3 is 5.97 Å². The van der Waals surface area contributed by atoms with Crippen LogP contribution in [0.25, 0.3) is 0 Å². The number of allylic oxidation sites excluding steroid dienone is 1. The normalized spacial score (nSPS) is 20.9. The van der Waals surface area contributed by atoms with Crippen molar-refractivity contribution >= 4 is 28.8 Å². The van der Waals surface area contributed by atoms with Gasteiger partial charge in [0.15, 0.2) is 16.7 Å². The molecule has 192 valence electrons. The molecule has 3 aliphatic rings.